The zero-order valence-corrected chi connectivity index (χ0v) is 49.3. The molecule has 0 rings (SSSR count). The highest BCUT2D eigenvalue weighted by Crippen LogP contribution is 2.43. The first-order chi connectivity index (χ1) is 37.2. The number of ether oxygens (including phenoxy) is 3. The number of aliphatic hydroxyl groups excluding tert-OH is 1. The molecule has 0 amide bonds. The van der Waals surface area contributed by atoms with Crippen LogP contribution in [0.15, 0.2) is 85.1 Å². The molecule has 0 aromatic heterocycles. The van der Waals surface area contributed by atoms with Crippen LogP contribution < -0.4 is 0 Å². The Morgan fingerprint density at radius 1 is 0.382 bits per heavy atom. The van der Waals surface area contributed by atoms with E-state index in [1.807, 2.05) is 0 Å². The van der Waals surface area contributed by atoms with Crippen LogP contribution in [-0.4, -0.2) is 66.5 Å². The van der Waals surface area contributed by atoms with Crippen LogP contribution in [0, 0.1) is 0 Å². The largest absolute Gasteiger partial charge is 0.472 e. The quantitative estimate of drug-likeness (QED) is 0.0197. The van der Waals surface area contributed by atoms with Crippen molar-refractivity contribution in [2.75, 3.05) is 26.4 Å². The molecule has 0 aliphatic rings. The van der Waals surface area contributed by atoms with E-state index in [1.54, 1.807) is 0 Å². The van der Waals surface area contributed by atoms with Crippen LogP contribution in [0.5, 0.6) is 0 Å². The van der Waals surface area contributed by atoms with E-state index in [0.29, 0.717) is 19.3 Å². The molecule has 0 heterocycles. The Bertz CT molecular complexity index is 1600. The maximum atomic E-state index is 12.9. The monoisotopic (exact) mass is 1090 g/mol. The van der Waals surface area contributed by atoms with Gasteiger partial charge < -0.3 is 24.2 Å². The van der Waals surface area contributed by atoms with Crippen molar-refractivity contribution in [1.82, 2.24) is 0 Å². The fraction of sp³-hybridized carbons (Fsp3) is 0.734. The summed E-state index contributed by atoms with van der Waals surface area (Å²) in [5.41, 5.74) is 0. The molecule has 0 bridgehead atoms. The van der Waals surface area contributed by atoms with Crippen molar-refractivity contribution in [1.29, 1.82) is 0 Å². The summed E-state index contributed by atoms with van der Waals surface area (Å²) >= 11 is 0. The van der Waals surface area contributed by atoms with Gasteiger partial charge in [0.2, 0.25) is 0 Å². The van der Waals surface area contributed by atoms with Crippen molar-refractivity contribution in [2.45, 2.75) is 277 Å². The minimum Gasteiger partial charge on any atom is -0.462 e. The van der Waals surface area contributed by atoms with Crippen LogP contribution in [0.3, 0.4) is 0 Å². The lowest BCUT2D eigenvalue weighted by Crippen LogP contribution is -2.30. The predicted octanol–water partition coefficient (Wildman–Crippen LogP) is 18.3. The molecular weight excluding hydrogens is 976 g/mol. The second-order valence-corrected chi connectivity index (χ2v) is 21.6. The SMILES string of the molecule is CC/C=C\C/C=C\C/C=C\C/C=C\CCCCC(=O)OC(COC(=O)CCCCCCCCCCC/C=C\C/C=C\CCCCC)COP(=O)(O)OCC(CO)OC(=O)CCCCCCC/C=C\CCCCCCCC. The lowest BCUT2D eigenvalue weighted by Gasteiger charge is -2.21. The molecule has 0 spiro atoms. The van der Waals surface area contributed by atoms with Gasteiger partial charge in [-0.2, -0.15) is 0 Å². The highest BCUT2D eigenvalue weighted by Gasteiger charge is 2.28. The molecule has 2 N–H and O–H groups in total. The molecule has 0 saturated carbocycles. The van der Waals surface area contributed by atoms with Gasteiger partial charge in [0.05, 0.1) is 19.8 Å². The van der Waals surface area contributed by atoms with Gasteiger partial charge in [0.15, 0.2) is 6.10 Å². The normalized spacial score (nSPS) is 13.9. The maximum Gasteiger partial charge on any atom is 0.472 e. The Morgan fingerprint density at radius 2 is 0.684 bits per heavy atom. The van der Waals surface area contributed by atoms with E-state index in [-0.39, 0.29) is 25.9 Å². The Hall–Kier alpha value is -3.34. The summed E-state index contributed by atoms with van der Waals surface area (Å²) in [6.45, 7) is 4.46. The molecule has 0 saturated heterocycles. The van der Waals surface area contributed by atoms with Crippen LogP contribution in [0.2, 0.25) is 0 Å². The van der Waals surface area contributed by atoms with Crippen molar-refractivity contribution in [3.05, 3.63) is 85.1 Å². The van der Waals surface area contributed by atoms with Gasteiger partial charge in [-0.25, -0.2) is 4.57 Å². The Labute approximate surface area is 464 Å². The van der Waals surface area contributed by atoms with E-state index in [0.717, 1.165) is 109 Å². The minimum absolute atomic E-state index is 0.112. The first kappa shape index (κ1) is 72.7. The lowest BCUT2D eigenvalue weighted by molar-refractivity contribution is -0.161. The molecular formula is C64H111O11P. The number of aliphatic hydroxyl groups is 1. The lowest BCUT2D eigenvalue weighted by atomic mass is 10.1. The summed E-state index contributed by atoms with van der Waals surface area (Å²) in [6.07, 6.45) is 66.8. The summed E-state index contributed by atoms with van der Waals surface area (Å²) in [6, 6.07) is 0. The molecule has 0 radical (unpaired) electrons. The number of unbranched alkanes of at least 4 members (excludes halogenated alkanes) is 25. The number of carbonyl (C=O) groups is 3. The third-order valence-corrected chi connectivity index (χ3v) is 13.7. The van der Waals surface area contributed by atoms with Gasteiger partial charge in [-0.1, -0.05) is 215 Å². The fourth-order valence-corrected chi connectivity index (χ4v) is 8.92. The summed E-state index contributed by atoms with van der Waals surface area (Å²) < 4.78 is 39.5. The molecule has 11 nitrogen and oxygen atoms in total. The van der Waals surface area contributed by atoms with Crippen molar-refractivity contribution in [2.24, 2.45) is 0 Å². The number of esters is 3. The van der Waals surface area contributed by atoms with E-state index >= 15 is 0 Å². The number of hydrogen-bond donors (Lipinski definition) is 2. The fourth-order valence-electron chi connectivity index (χ4n) is 8.14. The molecule has 3 atom stereocenters. The van der Waals surface area contributed by atoms with E-state index in [9.17, 15) is 28.9 Å². The molecule has 0 fully saturated rings. The van der Waals surface area contributed by atoms with Gasteiger partial charge in [-0.15, -0.1) is 0 Å². The maximum absolute atomic E-state index is 12.9. The average Bonchev–Trinajstić information content (AvgIpc) is 3.41. The van der Waals surface area contributed by atoms with E-state index < -0.39 is 57.8 Å². The number of phosphoric ester groups is 1. The number of phosphoric acid groups is 1. The zero-order valence-electron chi connectivity index (χ0n) is 48.5. The minimum atomic E-state index is -4.77. The first-order valence-electron chi connectivity index (χ1n) is 30.5. The number of rotatable bonds is 56. The molecule has 76 heavy (non-hydrogen) atoms. The standard InChI is InChI=1S/C64H111O11P/c1-4-7-10-13-16-19-22-25-28-29-30-31-34-35-38-41-44-47-50-53-62(66)71-57-61(75-64(68)55-52-49-46-43-40-37-33-27-24-21-18-15-12-9-6-3)59-73-76(69,70)72-58-60(56-65)74-63(67)54-51-48-45-42-39-36-32-26-23-20-17-14-11-8-5-2/h9,12,16,18-19,21,25-28,32-33,40,43,60-61,65H,4-8,10-11,13-15,17,20,22-24,29-31,34-39,41-42,44-59H2,1-3H3,(H,69,70)/b12-9-,19-16-,21-18-,28-25-,32-26-,33-27-,43-40-. The van der Waals surface area contributed by atoms with Crippen LogP contribution in [0.1, 0.15) is 265 Å². The molecule has 3 unspecified atom stereocenters. The Kier molecular flexibility index (Phi) is 55.3. The smallest absolute Gasteiger partial charge is 0.462 e. The topological polar surface area (TPSA) is 155 Å². The summed E-state index contributed by atoms with van der Waals surface area (Å²) in [4.78, 5) is 48.6. The van der Waals surface area contributed by atoms with E-state index in [2.05, 4.69) is 106 Å². The Balaban J connectivity index is 4.75. The molecule has 0 aromatic carbocycles. The molecule has 0 aliphatic carbocycles. The number of hydrogen-bond acceptors (Lipinski definition) is 10. The van der Waals surface area contributed by atoms with Gasteiger partial charge in [-0.05, 0) is 116 Å². The van der Waals surface area contributed by atoms with Crippen molar-refractivity contribution < 1.29 is 52.2 Å². The third-order valence-electron chi connectivity index (χ3n) is 12.8. The highest BCUT2D eigenvalue weighted by molar-refractivity contribution is 7.47. The van der Waals surface area contributed by atoms with E-state index in [4.69, 9.17) is 23.3 Å². The third kappa shape index (κ3) is 55.4. The molecule has 12 heteroatoms. The average molecular weight is 1090 g/mol. The second-order valence-electron chi connectivity index (χ2n) is 20.1. The second kappa shape index (κ2) is 57.8. The summed E-state index contributed by atoms with van der Waals surface area (Å²) in [7, 11) is -4.77. The Morgan fingerprint density at radius 3 is 1.12 bits per heavy atom. The van der Waals surface area contributed by atoms with Gasteiger partial charge in [0.25, 0.3) is 0 Å². The zero-order chi connectivity index (χ0) is 55.5. The summed E-state index contributed by atoms with van der Waals surface area (Å²) in [5.74, 6) is -1.53. The van der Waals surface area contributed by atoms with Gasteiger partial charge >= 0.3 is 25.7 Å². The highest BCUT2D eigenvalue weighted by atomic mass is 31.2. The van der Waals surface area contributed by atoms with Crippen molar-refractivity contribution in [3.8, 4) is 0 Å². The molecule has 0 aliphatic heterocycles. The van der Waals surface area contributed by atoms with Crippen LogP contribution >= 0.6 is 7.82 Å². The van der Waals surface area contributed by atoms with Gasteiger partial charge in [0, 0.05) is 19.3 Å². The summed E-state index contributed by atoms with van der Waals surface area (Å²) in [5, 5.41) is 9.83. The van der Waals surface area contributed by atoms with Gasteiger partial charge in [0.1, 0.15) is 12.7 Å². The number of carbonyl (C=O) groups excluding carboxylic acids is 3. The molecule has 438 valence electrons. The van der Waals surface area contributed by atoms with Crippen molar-refractivity contribution >= 4 is 25.7 Å². The number of allylic oxidation sites excluding steroid dienone is 14. The van der Waals surface area contributed by atoms with E-state index in [1.165, 1.54) is 96.3 Å². The predicted molar refractivity (Wildman–Crippen MR) is 316 cm³/mol. The van der Waals surface area contributed by atoms with Gasteiger partial charge in [-0.3, -0.25) is 23.4 Å². The van der Waals surface area contributed by atoms with Crippen molar-refractivity contribution in [3.63, 3.8) is 0 Å². The van der Waals surface area contributed by atoms with Crippen LogP contribution in [0.4, 0.5) is 0 Å². The molecule has 0 aromatic rings. The first-order valence-corrected chi connectivity index (χ1v) is 32.0. The van der Waals surface area contributed by atoms with Crippen LogP contribution in [-0.2, 0) is 42.2 Å². The van der Waals surface area contributed by atoms with Crippen LogP contribution in [0.25, 0.3) is 0 Å².